The van der Waals surface area contributed by atoms with Crippen LogP contribution < -0.4 is 5.32 Å². The third-order valence-electron chi connectivity index (χ3n) is 4.23. The SMILES string of the molecule is O=C(Nc1cccc(-c2cn3ccsc3n2)c1)c1cccc(-n2cnnn2)c1. The smallest absolute Gasteiger partial charge is 0.255 e. The predicted octanol–water partition coefficient (Wildman–Crippen LogP) is 3.29. The van der Waals surface area contributed by atoms with Gasteiger partial charge in [0.15, 0.2) is 4.96 Å². The van der Waals surface area contributed by atoms with Crippen molar-refractivity contribution in [2.75, 3.05) is 5.32 Å². The van der Waals surface area contributed by atoms with E-state index in [1.165, 1.54) is 11.0 Å². The number of carbonyl (C=O) groups is 1. The van der Waals surface area contributed by atoms with Crippen molar-refractivity contribution in [2.45, 2.75) is 0 Å². The van der Waals surface area contributed by atoms with E-state index in [0.29, 0.717) is 16.9 Å². The number of amides is 1. The molecule has 0 radical (unpaired) electrons. The molecule has 0 aliphatic carbocycles. The molecule has 2 aromatic carbocycles. The summed E-state index contributed by atoms with van der Waals surface area (Å²) in [6, 6.07) is 14.7. The Labute approximate surface area is 163 Å². The van der Waals surface area contributed by atoms with Crippen molar-refractivity contribution in [1.82, 2.24) is 29.6 Å². The summed E-state index contributed by atoms with van der Waals surface area (Å²) in [6.45, 7) is 0. The summed E-state index contributed by atoms with van der Waals surface area (Å²) >= 11 is 1.58. The minimum Gasteiger partial charge on any atom is -0.322 e. The molecule has 5 rings (SSSR count). The first-order valence-electron chi connectivity index (χ1n) is 8.44. The molecule has 3 aromatic heterocycles. The molecule has 1 amide bonds. The summed E-state index contributed by atoms with van der Waals surface area (Å²) in [7, 11) is 0. The maximum absolute atomic E-state index is 12.7. The molecular formula is C19H13N7OS. The summed E-state index contributed by atoms with van der Waals surface area (Å²) in [5, 5.41) is 16.0. The van der Waals surface area contributed by atoms with E-state index >= 15 is 0 Å². The molecule has 0 aliphatic rings. The molecule has 1 N–H and O–H groups in total. The second kappa shape index (κ2) is 6.71. The normalized spacial score (nSPS) is 11.0. The van der Waals surface area contributed by atoms with Gasteiger partial charge in [-0.05, 0) is 40.8 Å². The van der Waals surface area contributed by atoms with Gasteiger partial charge >= 0.3 is 0 Å². The number of tetrazole rings is 1. The Morgan fingerprint density at radius 1 is 1.11 bits per heavy atom. The number of rotatable bonds is 4. The number of aromatic nitrogens is 6. The fourth-order valence-corrected chi connectivity index (χ4v) is 3.60. The number of thiazole rings is 1. The number of nitrogens with one attached hydrogen (secondary N) is 1. The second-order valence-electron chi connectivity index (χ2n) is 6.06. The highest BCUT2D eigenvalue weighted by Crippen LogP contribution is 2.24. The third kappa shape index (κ3) is 3.03. The first-order valence-corrected chi connectivity index (χ1v) is 9.32. The van der Waals surface area contributed by atoms with Crippen LogP contribution in [0.1, 0.15) is 10.4 Å². The molecule has 3 heterocycles. The van der Waals surface area contributed by atoms with Crippen molar-refractivity contribution < 1.29 is 4.79 Å². The number of hydrogen-bond donors (Lipinski definition) is 1. The van der Waals surface area contributed by atoms with Crippen molar-refractivity contribution in [3.8, 4) is 16.9 Å². The summed E-state index contributed by atoms with van der Waals surface area (Å²) in [4.78, 5) is 18.2. The van der Waals surface area contributed by atoms with E-state index in [9.17, 15) is 4.79 Å². The lowest BCUT2D eigenvalue weighted by Crippen LogP contribution is -2.12. The van der Waals surface area contributed by atoms with E-state index in [4.69, 9.17) is 0 Å². The van der Waals surface area contributed by atoms with E-state index in [-0.39, 0.29) is 5.91 Å². The van der Waals surface area contributed by atoms with E-state index in [1.807, 2.05) is 52.5 Å². The van der Waals surface area contributed by atoms with Crippen LogP contribution in [0.25, 0.3) is 21.9 Å². The molecule has 9 heteroatoms. The van der Waals surface area contributed by atoms with Gasteiger partial charge in [0, 0.05) is 34.6 Å². The molecule has 0 aliphatic heterocycles. The van der Waals surface area contributed by atoms with Gasteiger partial charge in [-0.2, -0.15) is 0 Å². The van der Waals surface area contributed by atoms with Crippen LogP contribution in [0.15, 0.2) is 72.6 Å². The summed E-state index contributed by atoms with van der Waals surface area (Å²) in [6.07, 6.45) is 5.43. The molecule has 0 atom stereocenters. The number of benzene rings is 2. The van der Waals surface area contributed by atoms with Crippen LogP contribution in [-0.4, -0.2) is 35.5 Å². The second-order valence-corrected chi connectivity index (χ2v) is 6.93. The Bertz CT molecular complexity index is 1240. The summed E-state index contributed by atoms with van der Waals surface area (Å²) in [5.41, 5.74) is 3.73. The van der Waals surface area contributed by atoms with Crippen LogP contribution in [0, 0.1) is 0 Å². The van der Waals surface area contributed by atoms with Gasteiger partial charge in [-0.3, -0.25) is 9.20 Å². The molecule has 0 fully saturated rings. The molecule has 0 saturated heterocycles. The highest BCUT2D eigenvalue weighted by molar-refractivity contribution is 7.15. The minimum absolute atomic E-state index is 0.210. The Morgan fingerprint density at radius 2 is 2.04 bits per heavy atom. The Hall–Kier alpha value is -3.85. The standard InChI is InChI=1S/C19H13N7OS/c27-18(14-4-2-6-16(10-14)26-12-20-23-24-26)21-15-5-1-3-13(9-15)17-11-25-7-8-28-19(25)22-17/h1-12H,(H,21,27). The van der Waals surface area contributed by atoms with Crippen molar-refractivity contribution in [3.05, 3.63) is 78.2 Å². The molecule has 5 aromatic rings. The van der Waals surface area contributed by atoms with E-state index in [2.05, 4.69) is 25.8 Å². The first-order chi connectivity index (χ1) is 13.8. The van der Waals surface area contributed by atoms with Gasteiger partial charge < -0.3 is 5.32 Å². The molecule has 0 saturated carbocycles. The Morgan fingerprint density at radius 3 is 2.89 bits per heavy atom. The third-order valence-corrected chi connectivity index (χ3v) is 5.00. The topological polar surface area (TPSA) is 90.0 Å². The van der Waals surface area contributed by atoms with Gasteiger partial charge in [0.1, 0.15) is 6.33 Å². The lowest BCUT2D eigenvalue weighted by Gasteiger charge is -2.08. The maximum atomic E-state index is 12.7. The quantitative estimate of drug-likeness (QED) is 0.511. The van der Waals surface area contributed by atoms with E-state index < -0.39 is 0 Å². The molecule has 0 unspecified atom stereocenters. The highest BCUT2D eigenvalue weighted by atomic mass is 32.1. The lowest BCUT2D eigenvalue weighted by molar-refractivity contribution is 0.102. The van der Waals surface area contributed by atoms with Gasteiger partial charge in [0.2, 0.25) is 0 Å². The van der Waals surface area contributed by atoms with Gasteiger partial charge in [-0.15, -0.1) is 16.4 Å². The Balaban J connectivity index is 1.40. The summed E-state index contributed by atoms with van der Waals surface area (Å²) < 4.78 is 3.48. The molecular weight excluding hydrogens is 374 g/mol. The highest BCUT2D eigenvalue weighted by Gasteiger charge is 2.10. The van der Waals surface area contributed by atoms with Crippen LogP contribution in [0.2, 0.25) is 0 Å². The van der Waals surface area contributed by atoms with Gasteiger partial charge in [-0.1, -0.05) is 18.2 Å². The van der Waals surface area contributed by atoms with E-state index in [1.54, 1.807) is 29.5 Å². The number of hydrogen-bond acceptors (Lipinski definition) is 6. The largest absolute Gasteiger partial charge is 0.322 e. The van der Waals surface area contributed by atoms with Crippen molar-refractivity contribution >= 4 is 27.9 Å². The molecule has 8 nitrogen and oxygen atoms in total. The number of fused-ring (bicyclic) bond motifs is 1. The Kier molecular flexibility index (Phi) is 3.91. The fraction of sp³-hybridized carbons (Fsp3) is 0. The van der Waals surface area contributed by atoms with Crippen LogP contribution in [0.5, 0.6) is 0 Å². The zero-order valence-electron chi connectivity index (χ0n) is 14.4. The average Bonchev–Trinajstić information content (AvgIpc) is 3.45. The van der Waals surface area contributed by atoms with Crippen LogP contribution >= 0.6 is 11.3 Å². The average molecular weight is 387 g/mol. The molecule has 0 spiro atoms. The van der Waals surface area contributed by atoms with Gasteiger partial charge in [0.25, 0.3) is 5.91 Å². The number of imidazole rings is 1. The molecule has 136 valence electrons. The van der Waals surface area contributed by atoms with Crippen molar-refractivity contribution in [2.24, 2.45) is 0 Å². The molecule has 28 heavy (non-hydrogen) atoms. The van der Waals surface area contributed by atoms with Crippen LogP contribution in [-0.2, 0) is 0 Å². The summed E-state index contributed by atoms with van der Waals surface area (Å²) in [5.74, 6) is -0.210. The van der Waals surface area contributed by atoms with Crippen molar-refractivity contribution in [3.63, 3.8) is 0 Å². The number of carbonyl (C=O) groups excluding carboxylic acids is 1. The number of nitrogens with zero attached hydrogens (tertiary/aromatic N) is 6. The zero-order chi connectivity index (χ0) is 18.9. The zero-order valence-corrected chi connectivity index (χ0v) is 15.2. The van der Waals surface area contributed by atoms with Gasteiger partial charge in [-0.25, -0.2) is 9.67 Å². The predicted molar refractivity (Wildman–Crippen MR) is 106 cm³/mol. The minimum atomic E-state index is -0.210. The van der Waals surface area contributed by atoms with Gasteiger partial charge in [0.05, 0.1) is 11.4 Å². The van der Waals surface area contributed by atoms with Crippen molar-refractivity contribution in [1.29, 1.82) is 0 Å². The molecule has 0 bridgehead atoms. The van der Waals surface area contributed by atoms with Crippen LogP contribution in [0.4, 0.5) is 5.69 Å². The fourth-order valence-electron chi connectivity index (χ4n) is 2.90. The number of anilines is 1. The van der Waals surface area contributed by atoms with E-state index in [0.717, 1.165) is 16.2 Å². The maximum Gasteiger partial charge on any atom is 0.255 e. The first kappa shape index (κ1) is 16.3. The monoisotopic (exact) mass is 387 g/mol. The van der Waals surface area contributed by atoms with Crippen LogP contribution in [0.3, 0.4) is 0 Å². The lowest BCUT2D eigenvalue weighted by atomic mass is 10.1.